The van der Waals surface area contributed by atoms with Crippen molar-refractivity contribution in [3.05, 3.63) is 66.5 Å². The van der Waals surface area contributed by atoms with E-state index in [1.54, 1.807) is 25.3 Å². The van der Waals surface area contributed by atoms with Crippen LogP contribution in [-0.4, -0.2) is 30.5 Å². The monoisotopic (exact) mass is 417 g/mol. The van der Waals surface area contributed by atoms with Crippen LogP contribution in [0, 0.1) is 0 Å². The van der Waals surface area contributed by atoms with Crippen LogP contribution in [0.5, 0.6) is 0 Å². The highest BCUT2D eigenvalue weighted by atomic mass is 32.2. The quantitative estimate of drug-likeness (QED) is 0.591. The van der Waals surface area contributed by atoms with Crippen LogP contribution in [0.25, 0.3) is 0 Å². The third-order valence-electron chi connectivity index (χ3n) is 3.77. The van der Waals surface area contributed by atoms with Crippen molar-refractivity contribution in [2.45, 2.75) is 21.9 Å². The molecule has 2 aromatic carbocycles. The number of nitrogens with one attached hydrogen (secondary N) is 1. The second-order valence-electron chi connectivity index (χ2n) is 5.80. The second-order valence-corrected chi connectivity index (χ2v) is 8.52. The van der Waals surface area contributed by atoms with Gasteiger partial charge in [0.1, 0.15) is 0 Å². The molecule has 0 spiro atoms. The molecule has 3 aromatic rings. The predicted molar refractivity (Wildman–Crippen MR) is 107 cm³/mol. The summed E-state index contributed by atoms with van der Waals surface area (Å²) in [4.78, 5) is 16.9. The van der Waals surface area contributed by atoms with Crippen LogP contribution < -0.4 is 4.72 Å². The first kappa shape index (κ1) is 20.0. The molecule has 0 saturated heterocycles. The molecule has 9 heteroatoms. The van der Waals surface area contributed by atoms with Crippen molar-refractivity contribution in [3.8, 4) is 0 Å². The molecule has 0 amide bonds. The Kier molecular flexibility index (Phi) is 6.05. The summed E-state index contributed by atoms with van der Waals surface area (Å²) in [6.07, 6.45) is 3.58. The van der Waals surface area contributed by atoms with Crippen molar-refractivity contribution in [3.63, 3.8) is 0 Å². The van der Waals surface area contributed by atoms with Gasteiger partial charge in [-0.25, -0.2) is 18.2 Å². The van der Waals surface area contributed by atoms with E-state index in [2.05, 4.69) is 9.71 Å². The van der Waals surface area contributed by atoms with Crippen molar-refractivity contribution < 1.29 is 17.9 Å². The van der Waals surface area contributed by atoms with Gasteiger partial charge in [0.15, 0.2) is 5.16 Å². The minimum Gasteiger partial charge on any atom is -0.462 e. The van der Waals surface area contributed by atoms with Crippen LogP contribution in [0.1, 0.15) is 17.3 Å². The van der Waals surface area contributed by atoms with E-state index in [1.807, 2.05) is 29.9 Å². The van der Waals surface area contributed by atoms with Crippen LogP contribution >= 0.6 is 11.8 Å². The topological polar surface area (TPSA) is 90.3 Å². The summed E-state index contributed by atoms with van der Waals surface area (Å²) in [7, 11) is -1.86. The summed E-state index contributed by atoms with van der Waals surface area (Å²) in [5, 5.41) is 0.843. The highest BCUT2D eigenvalue weighted by molar-refractivity contribution is 7.99. The summed E-state index contributed by atoms with van der Waals surface area (Å²) >= 11 is 1.48. The molecule has 0 aliphatic rings. The van der Waals surface area contributed by atoms with E-state index in [9.17, 15) is 13.2 Å². The fraction of sp³-hybridized carbons (Fsp3) is 0.158. The molecule has 0 aliphatic heterocycles. The lowest BCUT2D eigenvalue weighted by molar-refractivity contribution is 0.0526. The maximum atomic E-state index is 12.5. The first-order valence-corrected chi connectivity index (χ1v) is 10.7. The number of carbonyl (C=O) groups is 1. The van der Waals surface area contributed by atoms with Gasteiger partial charge in [0.2, 0.25) is 0 Å². The predicted octanol–water partition coefficient (Wildman–Crippen LogP) is 3.55. The summed E-state index contributed by atoms with van der Waals surface area (Å²) in [5.74, 6) is -0.486. The number of ether oxygens (including phenoxy) is 1. The van der Waals surface area contributed by atoms with Gasteiger partial charge in [-0.15, -0.1) is 0 Å². The molecule has 28 heavy (non-hydrogen) atoms. The Hall–Kier alpha value is -2.78. The number of hydrogen-bond acceptors (Lipinski definition) is 6. The van der Waals surface area contributed by atoms with E-state index in [0.717, 1.165) is 10.1 Å². The number of imidazole rings is 1. The van der Waals surface area contributed by atoms with Crippen molar-refractivity contribution in [1.29, 1.82) is 0 Å². The molecule has 0 fully saturated rings. The third kappa shape index (κ3) is 4.73. The summed E-state index contributed by atoms with van der Waals surface area (Å²) in [6.45, 7) is 1.97. The van der Waals surface area contributed by atoms with Crippen LogP contribution in [0.4, 0.5) is 5.69 Å². The Labute approximate surface area is 167 Å². The van der Waals surface area contributed by atoms with Gasteiger partial charge in [-0.3, -0.25) is 4.72 Å². The zero-order valence-electron chi connectivity index (χ0n) is 15.3. The van der Waals surface area contributed by atoms with E-state index in [1.165, 1.54) is 36.0 Å². The lowest BCUT2D eigenvalue weighted by Crippen LogP contribution is -2.13. The average Bonchev–Trinajstić information content (AvgIpc) is 3.08. The fourth-order valence-corrected chi connectivity index (χ4v) is 4.21. The number of benzene rings is 2. The molecule has 3 rings (SSSR count). The van der Waals surface area contributed by atoms with E-state index in [0.29, 0.717) is 11.3 Å². The van der Waals surface area contributed by atoms with Gasteiger partial charge in [-0.1, -0.05) is 11.8 Å². The fourth-order valence-electron chi connectivity index (χ4n) is 2.35. The summed E-state index contributed by atoms with van der Waals surface area (Å²) in [6, 6.07) is 12.6. The normalized spacial score (nSPS) is 11.2. The molecule has 1 aromatic heterocycles. The number of rotatable bonds is 7. The van der Waals surface area contributed by atoms with Crippen LogP contribution in [-0.2, 0) is 21.8 Å². The highest BCUT2D eigenvalue weighted by Gasteiger charge is 2.16. The highest BCUT2D eigenvalue weighted by Crippen LogP contribution is 2.27. The largest absolute Gasteiger partial charge is 0.462 e. The van der Waals surface area contributed by atoms with E-state index in [4.69, 9.17) is 4.74 Å². The third-order valence-corrected chi connectivity index (χ3v) is 6.25. The smallest absolute Gasteiger partial charge is 0.338 e. The summed E-state index contributed by atoms with van der Waals surface area (Å²) < 4.78 is 34.4. The maximum Gasteiger partial charge on any atom is 0.338 e. The number of hydrogen-bond donors (Lipinski definition) is 1. The van der Waals surface area contributed by atoms with Gasteiger partial charge in [0, 0.05) is 30.0 Å². The minimum absolute atomic E-state index is 0.0620. The average molecular weight is 418 g/mol. The molecule has 0 aliphatic carbocycles. The molecule has 0 radical (unpaired) electrons. The van der Waals surface area contributed by atoms with E-state index < -0.39 is 16.0 Å². The minimum atomic E-state index is -3.76. The molecule has 0 atom stereocenters. The van der Waals surface area contributed by atoms with Crippen LogP contribution in [0.3, 0.4) is 0 Å². The number of nitrogens with zero attached hydrogens (tertiary/aromatic N) is 2. The Morgan fingerprint density at radius 2 is 1.82 bits per heavy atom. The van der Waals surface area contributed by atoms with Crippen molar-refractivity contribution >= 4 is 33.4 Å². The second kappa shape index (κ2) is 8.49. The van der Waals surface area contributed by atoms with Gasteiger partial charge < -0.3 is 9.30 Å². The SMILES string of the molecule is CCOC(=O)c1ccc(S(=O)(=O)Nc2ccc(Sc3nccn3C)cc2)cc1. The standard InChI is InChI=1S/C19H19N3O4S2/c1-3-26-18(23)14-4-10-17(11-5-14)28(24,25)21-15-6-8-16(9-7-15)27-19-20-12-13-22(19)2/h4-13,21H,3H2,1-2H3. The lowest BCUT2D eigenvalue weighted by Gasteiger charge is -2.09. The zero-order valence-corrected chi connectivity index (χ0v) is 17.0. The van der Waals surface area contributed by atoms with Crippen molar-refractivity contribution in [2.24, 2.45) is 7.05 Å². The summed E-state index contributed by atoms with van der Waals surface area (Å²) in [5.41, 5.74) is 0.745. The first-order chi connectivity index (χ1) is 13.4. The number of sulfonamides is 1. The van der Waals surface area contributed by atoms with E-state index >= 15 is 0 Å². The van der Waals surface area contributed by atoms with Gasteiger partial charge in [-0.05, 0) is 55.5 Å². The number of carbonyl (C=O) groups excluding carboxylic acids is 1. The molecule has 146 valence electrons. The first-order valence-electron chi connectivity index (χ1n) is 8.44. The Balaban J connectivity index is 1.70. The zero-order chi connectivity index (χ0) is 20.1. The van der Waals surface area contributed by atoms with Gasteiger partial charge >= 0.3 is 5.97 Å². The molecule has 0 saturated carbocycles. The molecule has 1 heterocycles. The van der Waals surface area contributed by atoms with Gasteiger partial charge in [-0.2, -0.15) is 0 Å². The lowest BCUT2D eigenvalue weighted by atomic mass is 10.2. The number of anilines is 1. The number of aromatic nitrogens is 2. The van der Waals surface area contributed by atoms with Gasteiger partial charge in [0.05, 0.1) is 17.1 Å². The van der Waals surface area contributed by atoms with Crippen LogP contribution in [0.15, 0.2) is 75.9 Å². The Bertz CT molecular complexity index is 1060. The van der Waals surface area contributed by atoms with E-state index in [-0.39, 0.29) is 11.5 Å². The van der Waals surface area contributed by atoms with Gasteiger partial charge in [0.25, 0.3) is 10.0 Å². The molecule has 0 bridgehead atoms. The Morgan fingerprint density at radius 3 is 2.39 bits per heavy atom. The molecular weight excluding hydrogens is 398 g/mol. The molecular formula is C19H19N3O4S2. The molecule has 1 N–H and O–H groups in total. The van der Waals surface area contributed by atoms with Crippen LogP contribution in [0.2, 0.25) is 0 Å². The molecule has 7 nitrogen and oxygen atoms in total. The number of esters is 1. The van der Waals surface area contributed by atoms with Crippen molar-refractivity contribution in [2.75, 3.05) is 11.3 Å². The number of aryl methyl sites for hydroxylation is 1. The van der Waals surface area contributed by atoms with Crippen molar-refractivity contribution in [1.82, 2.24) is 9.55 Å². The Morgan fingerprint density at radius 1 is 1.14 bits per heavy atom. The molecule has 0 unspecified atom stereocenters. The maximum absolute atomic E-state index is 12.5.